The van der Waals surface area contributed by atoms with Crippen molar-refractivity contribution < 1.29 is 23.7 Å². The number of carbonyl (C=O) groups excluding carboxylic acids is 1. The topological polar surface area (TPSA) is 110 Å². The number of nitrogens with one attached hydrogen (secondary N) is 1. The van der Waals surface area contributed by atoms with Gasteiger partial charge in [0.2, 0.25) is 6.79 Å². The lowest BCUT2D eigenvalue weighted by Gasteiger charge is -2.18. The van der Waals surface area contributed by atoms with Crippen molar-refractivity contribution in [1.82, 2.24) is 25.5 Å². The van der Waals surface area contributed by atoms with Gasteiger partial charge in [-0.1, -0.05) is 18.2 Å². The molecule has 3 aliphatic heterocycles. The van der Waals surface area contributed by atoms with Gasteiger partial charge >= 0.3 is 0 Å². The minimum absolute atomic E-state index is 0.148. The Morgan fingerprint density at radius 2 is 1.84 bits per heavy atom. The summed E-state index contributed by atoms with van der Waals surface area (Å²) >= 11 is 0. The molecule has 0 saturated carbocycles. The largest absolute Gasteiger partial charge is 0.454 e. The molecule has 0 aliphatic carbocycles. The van der Waals surface area contributed by atoms with Gasteiger partial charge < -0.3 is 24.3 Å². The Labute approximate surface area is 177 Å². The molecule has 158 valence electrons. The molecule has 1 aromatic heterocycles. The zero-order valence-corrected chi connectivity index (χ0v) is 16.4. The van der Waals surface area contributed by atoms with Crippen LogP contribution >= 0.6 is 0 Å². The Hall–Kier alpha value is -3.50. The number of benzene rings is 2. The molecular weight excluding hydrogens is 402 g/mol. The van der Waals surface area contributed by atoms with Crippen LogP contribution in [0.15, 0.2) is 48.5 Å². The molecule has 3 aliphatic rings. The summed E-state index contributed by atoms with van der Waals surface area (Å²) in [5.74, 6) is 1.80. The third-order valence-corrected chi connectivity index (χ3v) is 5.82. The number of amides is 1. The molecule has 6 rings (SSSR count). The quantitative estimate of drug-likeness (QED) is 0.669. The average Bonchev–Trinajstić information content (AvgIpc) is 3.58. The SMILES string of the molecule is O=C(N[C@@H]1CO[C@@H]2[C@@H]1OC[C@@H]2n1nnnc1-c1ccc2c(c1)OCO2)c1ccccc1. The van der Waals surface area contributed by atoms with Crippen LogP contribution in [-0.4, -0.2) is 64.4 Å². The van der Waals surface area contributed by atoms with Crippen LogP contribution in [0.4, 0.5) is 0 Å². The Morgan fingerprint density at radius 3 is 2.74 bits per heavy atom. The first-order valence-electron chi connectivity index (χ1n) is 10.0. The molecule has 2 aromatic carbocycles. The lowest BCUT2D eigenvalue weighted by molar-refractivity contribution is 0.0615. The lowest BCUT2D eigenvalue weighted by atomic mass is 10.1. The fourth-order valence-electron chi connectivity index (χ4n) is 4.30. The Kier molecular flexibility index (Phi) is 4.32. The van der Waals surface area contributed by atoms with Crippen LogP contribution in [0.1, 0.15) is 16.4 Å². The van der Waals surface area contributed by atoms with Gasteiger partial charge in [0, 0.05) is 11.1 Å². The van der Waals surface area contributed by atoms with Gasteiger partial charge in [0.25, 0.3) is 5.91 Å². The van der Waals surface area contributed by atoms with E-state index in [0.29, 0.717) is 36.1 Å². The predicted octanol–water partition coefficient (Wildman–Crippen LogP) is 1.21. The summed E-state index contributed by atoms with van der Waals surface area (Å²) in [6, 6.07) is 14.2. The van der Waals surface area contributed by atoms with Gasteiger partial charge in [-0.15, -0.1) is 5.10 Å². The van der Waals surface area contributed by atoms with Crippen LogP contribution in [0.25, 0.3) is 11.4 Å². The molecule has 1 N–H and O–H groups in total. The molecule has 3 aromatic rings. The second kappa shape index (κ2) is 7.33. The average molecular weight is 421 g/mol. The molecule has 31 heavy (non-hydrogen) atoms. The van der Waals surface area contributed by atoms with Crippen LogP contribution in [0.5, 0.6) is 11.5 Å². The van der Waals surface area contributed by atoms with Crippen LogP contribution in [-0.2, 0) is 9.47 Å². The Balaban J connectivity index is 1.21. The number of fused-ring (bicyclic) bond motifs is 2. The number of aromatic nitrogens is 4. The summed E-state index contributed by atoms with van der Waals surface area (Å²) in [7, 11) is 0. The van der Waals surface area contributed by atoms with Crippen molar-refractivity contribution in [3.8, 4) is 22.9 Å². The van der Waals surface area contributed by atoms with E-state index in [-0.39, 0.29) is 37.0 Å². The van der Waals surface area contributed by atoms with Crippen molar-refractivity contribution in [2.45, 2.75) is 24.3 Å². The summed E-state index contributed by atoms with van der Waals surface area (Å²) < 4.78 is 24.6. The smallest absolute Gasteiger partial charge is 0.251 e. The zero-order chi connectivity index (χ0) is 20.8. The summed E-state index contributed by atoms with van der Waals surface area (Å²) in [4.78, 5) is 12.5. The van der Waals surface area contributed by atoms with E-state index < -0.39 is 0 Å². The maximum atomic E-state index is 12.5. The number of carbonyl (C=O) groups is 1. The normalized spacial score (nSPS) is 26.1. The third-order valence-electron chi connectivity index (χ3n) is 5.82. The molecule has 4 heterocycles. The van der Waals surface area contributed by atoms with E-state index in [4.69, 9.17) is 18.9 Å². The molecule has 4 atom stereocenters. The number of tetrazole rings is 1. The third kappa shape index (κ3) is 3.11. The fraction of sp³-hybridized carbons (Fsp3) is 0.333. The number of nitrogens with zero attached hydrogens (tertiary/aromatic N) is 4. The van der Waals surface area contributed by atoms with Gasteiger partial charge in [-0.3, -0.25) is 4.79 Å². The summed E-state index contributed by atoms with van der Waals surface area (Å²) in [5, 5.41) is 15.3. The lowest BCUT2D eigenvalue weighted by Crippen LogP contribution is -2.44. The van der Waals surface area contributed by atoms with Gasteiger partial charge in [0.05, 0.1) is 19.3 Å². The Morgan fingerprint density at radius 1 is 1.00 bits per heavy atom. The van der Waals surface area contributed by atoms with Crippen LogP contribution in [0.2, 0.25) is 0 Å². The molecule has 0 bridgehead atoms. The van der Waals surface area contributed by atoms with Crippen LogP contribution in [0, 0.1) is 0 Å². The van der Waals surface area contributed by atoms with E-state index in [2.05, 4.69) is 20.8 Å². The van der Waals surface area contributed by atoms with Crippen molar-refractivity contribution >= 4 is 5.91 Å². The van der Waals surface area contributed by atoms with Crippen molar-refractivity contribution in [3.05, 3.63) is 54.1 Å². The molecule has 10 nitrogen and oxygen atoms in total. The molecule has 0 radical (unpaired) electrons. The highest BCUT2D eigenvalue weighted by Crippen LogP contribution is 2.38. The van der Waals surface area contributed by atoms with Gasteiger partial charge in [-0.2, -0.15) is 0 Å². The van der Waals surface area contributed by atoms with E-state index in [1.54, 1.807) is 16.8 Å². The van der Waals surface area contributed by atoms with Crippen molar-refractivity contribution in [2.24, 2.45) is 0 Å². The van der Waals surface area contributed by atoms with E-state index >= 15 is 0 Å². The molecule has 2 saturated heterocycles. The molecule has 0 spiro atoms. The first-order chi connectivity index (χ1) is 15.3. The molecule has 1 amide bonds. The van der Waals surface area contributed by atoms with Crippen LogP contribution < -0.4 is 14.8 Å². The van der Waals surface area contributed by atoms with E-state index in [0.717, 1.165) is 5.56 Å². The maximum Gasteiger partial charge on any atom is 0.251 e. The Bertz CT molecular complexity index is 1120. The van der Waals surface area contributed by atoms with E-state index in [9.17, 15) is 4.79 Å². The summed E-state index contributed by atoms with van der Waals surface area (Å²) in [6.45, 7) is 0.954. The standard InChI is InChI=1S/C21H19N5O5/c27-21(12-4-2-1-3-5-12)22-14-9-28-19-15(10-29-18(14)19)26-20(23-24-25-26)13-6-7-16-17(8-13)31-11-30-16/h1-8,14-15,18-19H,9-11H2,(H,22,27)/t14-,15+,18-,19+/m1/s1. The number of hydrogen-bond donors (Lipinski definition) is 1. The highest BCUT2D eigenvalue weighted by molar-refractivity contribution is 5.94. The summed E-state index contributed by atoms with van der Waals surface area (Å²) in [6.07, 6.45) is -0.538. The molecular formula is C21H19N5O5. The molecule has 2 fully saturated rings. The molecule has 10 heteroatoms. The number of ether oxygens (including phenoxy) is 4. The number of hydrogen-bond acceptors (Lipinski definition) is 8. The van der Waals surface area contributed by atoms with Gasteiger partial charge in [0.15, 0.2) is 17.3 Å². The number of rotatable bonds is 4. The van der Waals surface area contributed by atoms with Crippen LogP contribution in [0.3, 0.4) is 0 Å². The monoisotopic (exact) mass is 421 g/mol. The fourth-order valence-corrected chi connectivity index (χ4v) is 4.30. The first-order valence-corrected chi connectivity index (χ1v) is 10.0. The first kappa shape index (κ1) is 18.3. The maximum absolute atomic E-state index is 12.5. The zero-order valence-electron chi connectivity index (χ0n) is 16.4. The van der Waals surface area contributed by atoms with Crippen molar-refractivity contribution in [2.75, 3.05) is 20.0 Å². The van der Waals surface area contributed by atoms with Crippen molar-refractivity contribution in [1.29, 1.82) is 0 Å². The van der Waals surface area contributed by atoms with Crippen molar-refractivity contribution in [3.63, 3.8) is 0 Å². The summed E-state index contributed by atoms with van der Waals surface area (Å²) in [5.41, 5.74) is 1.41. The second-order valence-corrected chi connectivity index (χ2v) is 7.62. The second-order valence-electron chi connectivity index (χ2n) is 7.62. The molecule has 0 unspecified atom stereocenters. The highest BCUT2D eigenvalue weighted by atomic mass is 16.7. The predicted molar refractivity (Wildman–Crippen MR) is 106 cm³/mol. The van der Waals surface area contributed by atoms with E-state index in [1.165, 1.54) is 0 Å². The van der Waals surface area contributed by atoms with Gasteiger partial charge in [-0.05, 0) is 40.8 Å². The van der Waals surface area contributed by atoms with E-state index in [1.807, 2.05) is 36.4 Å². The van der Waals surface area contributed by atoms with Gasteiger partial charge in [-0.25, -0.2) is 4.68 Å². The minimum Gasteiger partial charge on any atom is -0.454 e. The minimum atomic E-state index is -0.272. The van der Waals surface area contributed by atoms with Gasteiger partial charge in [0.1, 0.15) is 18.2 Å². The highest BCUT2D eigenvalue weighted by Gasteiger charge is 2.50.